The van der Waals surface area contributed by atoms with Gasteiger partial charge in [0.2, 0.25) is 0 Å². The molecule has 2 N–H and O–H groups in total. The molecule has 84 valence electrons. The van der Waals surface area contributed by atoms with Gasteiger partial charge in [-0.3, -0.25) is 9.89 Å². The molecule has 0 radical (unpaired) electrons. The molecule has 0 unspecified atom stereocenters. The normalized spacial score (nSPS) is 10.4. The fourth-order valence-electron chi connectivity index (χ4n) is 1.49. The number of anilines is 1. The quantitative estimate of drug-likeness (QED) is 0.804. The number of nitrogens with one attached hydrogen (secondary N) is 2. The van der Waals surface area contributed by atoms with E-state index in [2.05, 4.69) is 15.5 Å². The van der Waals surface area contributed by atoms with Gasteiger partial charge in [-0.05, 0) is 26.0 Å². The summed E-state index contributed by atoms with van der Waals surface area (Å²) in [7, 11) is 1.87. The van der Waals surface area contributed by atoms with Crippen molar-refractivity contribution in [3.63, 3.8) is 0 Å². The number of carbonyl (C=O) groups excluding carboxylic acids is 1. The zero-order chi connectivity index (χ0) is 11.7. The summed E-state index contributed by atoms with van der Waals surface area (Å²) in [6.45, 7) is 3.84. The maximum absolute atomic E-state index is 11.9. The van der Waals surface area contributed by atoms with Gasteiger partial charge in [-0.25, -0.2) is 0 Å². The van der Waals surface area contributed by atoms with Gasteiger partial charge in [0.1, 0.15) is 11.5 Å². The zero-order valence-corrected chi connectivity index (χ0v) is 9.53. The first-order valence-electron chi connectivity index (χ1n) is 5.03. The minimum absolute atomic E-state index is 0.136. The highest BCUT2D eigenvalue weighted by Gasteiger charge is 2.12. The van der Waals surface area contributed by atoms with E-state index in [1.807, 2.05) is 31.5 Å². The first kappa shape index (κ1) is 10.5. The van der Waals surface area contributed by atoms with Gasteiger partial charge in [-0.15, -0.1) is 0 Å². The third-order valence-corrected chi connectivity index (χ3v) is 2.67. The van der Waals surface area contributed by atoms with Gasteiger partial charge < -0.3 is 9.88 Å². The van der Waals surface area contributed by atoms with Crippen LogP contribution in [0.15, 0.2) is 18.3 Å². The summed E-state index contributed by atoms with van der Waals surface area (Å²) in [4.78, 5) is 11.9. The Morgan fingerprint density at radius 3 is 2.69 bits per heavy atom. The second-order valence-electron chi connectivity index (χ2n) is 3.80. The van der Waals surface area contributed by atoms with Crippen molar-refractivity contribution in [1.82, 2.24) is 14.8 Å². The van der Waals surface area contributed by atoms with E-state index in [4.69, 9.17) is 0 Å². The molecule has 0 aliphatic heterocycles. The molecule has 2 aromatic rings. The second-order valence-corrected chi connectivity index (χ2v) is 3.80. The first-order chi connectivity index (χ1) is 7.59. The summed E-state index contributed by atoms with van der Waals surface area (Å²) >= 11 is 0. The molecule has 0 atom stereocenters. The molecule has 16 heavy (non-hydrogen) atoms. The Kier molecular flexibility index (Phi) is 2.52. The van der Waals surface area contributed by atoms with E-state index in [1.54, 1.807) is 12.3 Å². The van der Waals surface area contributed by atoms with Crippen molar-refractivity contribution in [1.29, 1.82) is 0 Å². The van der Waals surface area contributed by atoms with Crippen molar-refractivity contribution in [3.8, 4) is 0 Å². The lowest BCUT2D eigenvalue weighted by Gasteiger charge is -2.05. The number of hydrogen-bond donors (Lipinski definition) is 2. The van der Waals surface area contributed by atoms with Crippen LogP contribution in [0.1, 0.15) is 21.7 Å². The number of nitrogens with zero attached hydrogens (tertiary/aromatic N) is 2. The molecule has 0 aliphatic carbocycles. The lowest BCUT2D eigenvalue weighted by atomic mass is 10.3. The summed E-state index contributed by atoms with van der Waals surface area (Å²) in [5.74, 6) is 0.506. The van der Waals surface area contributed by atoms with E-state index in [0.717, 1.165) is 11.3 Å². The fourth-order valence-corrected chi connectivity index (χ4v) is 1.49. The number of aromatic amines is 1. The van der Waals surface area contributed by atoms with Crippen LogP contribution in [0.25, 0.3) is 0 Å². The van der Waals surface area contributed by atoms with Crippen LogP contribution in [-0.4, -0.2) is 20.7 Å². The number of amides is 1. The van der Waals surface area contributed by atoms with Crippen LogP contribution in [0.2, 0.25) is 0 Å². The predicted molar refractivity (Wildman–Crippen MR) is 61.4 cm³/mol. The van der Waals surface area contributed by atoms with Crippen LogP contribution in [0.3, 0.4) is 0 Å². The average Bonchev–Trinajstić information content (AvgIpc) is 2.77. The SMILES string of the molecule is Cc1cn[nH]c1NC(=O)c1ccc(C)n1C. The lowest BCUT2D eigenvalue weighted by Crippen LogP contribution is -2.16. The van der Waals surface area contributed by atoms with Gasteiger partial charge in [0.25, 0.3) is 5.91 Å². The molecule has 0 bridgehead atoms. The number of carbonyl (C=O) groups is 1. The zero-order valence-electron chi connectivity index (χ0n) is 9.53. The van der Waals surface area contributed by atoms with Crippen molar-refractivity contribution >= 4 is 11.7 Å². The van der Waals surface area contributed by atoms with Crippen LogP contribution < -0.4 is 5.32 Å². The lowest BCUT2D eigenvalue weighted by molar-refractivity contribution is 0.101. The van der Waals surface area contributed by atoms with Crippen molar-refractivity contribution in [2.24, 2.45) is 7.05 Å². The number of aryl methyl sites for hydroxylation is 2. The molecule has 1 amide bonds. The smallest absolute Gasteiger partial charge is 0.273 e. The molecule has 0 saturated heterocycles. The Labute approximate surface area is 93.5 Å². The summed E-state index contributed by atoms with van der Waals surface area (Å²) < 4.78 is 1.85. The van der Waals surface area contributed by atoms with Crippen molar-refractivity contribution < 1.29 is 4.79 Å². The molecule has 0 fully saturated rings. The highest BCUT2D eigenvalue weighted by Crippen LogP contribution is 2.12. The molecular formula is C11H14N4O. The fraction of sp³-hybridized carbons (Fsp3) is 0.273. The largest absolute Gasteiger partial charge is 0.344 e. The van der Waals surface area contributed by atoms with Crippen molar-refractivity contribution in [2.45, 2.75) is 13.8 Å². The van der Waals surface area contributed by atoms with Crippen molar-refractivity contribution in [3.05, 3.63) is 35.3 Å². The molecule has 2 aromatic heterocycles. The molecule has 5 heteroatoms. The van der Waals surface area contributed by atoms with E-state index in [-0.39, 0.29) is 5.91 Å². The predicted octanol–water partition coefficient (Wildman–Crippen LogP) is 1.62. The van der Waals surface area contributed by atoms with E-state index in [0.29, 0.717) is 11.5 Å². The monoisotopic (exact) mass is 218 g/mol. The third-order valence-electron chi connectivity index (χ3n) is 2.67. The maximum atomic E-state index is 11.9. The Morgan fingerprint density at radius 2 is 2.19 bits per heavy atom. The summed E-state index contributed by atoms with van der Waals surface area (Å²) in [6, 6.07) is 3.71. The van der Waals surface area contributed by atoms with E-state index in [1.165, 1.54) is 0 Å². The minimum atomic E-state index is -0.136. The standard InChI is InChI=1S/C11H14N4O/c1-7-6-12-14-10(7)13-11(16)9-5-4-8(2)15(9)3/h4-6H,1-3H3,(H2,12,13,14,16). The Morgan fingerprint density at radius 1 is 1.44 bits per heavy atom. The number of hydrogen-bond acceptors (Lipinski definition) is 2. The number of rotatable bonds is 2. The highest BCUT2D eigenvalue weighted by molar-refractivity contribution is 6.03. The van der Waals surface area contributed by atoms with Crippen LogP contribution in [0, 0.1) is 13.8 Å². The molecule has 5 nitrogen and oxygen atoms in total. The molecular weight excluding hydrogens is 204 g/mol. The minimum Gasteiger partial charge on any atom is -0.344 e. The Balaban J connectivity index is 2.21. The third kappa shape index (κ3) is 1.71. The van der Waals surface area contributed by atoms with Crippen LogP contribution >= 0.6 is 0 Å². The first-order valence-corrected chi connectivity index (χ1v) is 5.03. The topological polar surface area (TPSA) is 62.7 Å². The highest BCUT2D eigenvalue weighted by atomic mass is 16.2. The van der Waals surface area contributed by atoms with Crippen molar-refractivity contribution in [2.75, 3.05) is 5.32 Å². The summed E-state index contributed by atoms with van der Waals surface area (Å²) in [5, 5.41) is 9.37. The summed E-state index contributed by atoms with van der Waals surface area (Å²) in [5.41, 5.74) is 2.59. The van der Waals surface area contributed by atoms with E-state index >= 15 is 0 Å². The van der Waals surface area contributed by atoms with Crippen LogP contribution in [0.5, 0.6) is 0 Å². The molecule has 0 aliphatic rings. The molecule has 0 saturated carbocycles. The summed E-state index contributed by atoms with van der Waals surface area (Å²) in [6.07, 6.45) is 1.67. The van der Waals surface area contributed by atoms with Gasteiger partial charge >= 0.3 is 0 Å². The Bertz CT molecular complexity index is 524. The van der Waals surface area contributed by atoms with Gasteiger partial charge in [0, 0.05) is 18.3 Å². The molecule has 2 heterocycles. The van der Waals surface area contributed by atoms with Gasteiger partial charge in [0.05, 0.1) is 6.20 Å². The van der Waals surface area contributed by atoms with Crippen LogP contribution in [-0.2, 0) is 7.05 Å². The van der Waals surface area contributed by atoms with Gasteiger partial charge in [0.15, 0.2) is 0 Å². The molecule has 0 aromatic carbocycles. The van der Waals surface area contributed by atoms with Gasteiger partial charge in [-0.1, -0.05) is 0 Å². The van der Waals surface area contributed by atoms with E-state index in [9.17, 15) is 4.79 Å². The van der Waals surface area contributed by atoms with Crippen LogP contribution in [0.4, 0.5) is 5.82 Å². The molecule has 2 rings (SSSR count). The Hall–Kier alpha value is -2.04. The number of aromatic nitrogens is 3. The second kappa shape index (κ2) is 3.84. The molecule has 0 spiro atoms. The average molecular weight is 218 g/mol. The maximum Gasteiger partial charge on any atom is 0.273 e. The number of H-pyrrole nitrogens is 1. The van der Waals surface area contributed by atoms with E-state index < -0.39 is 0 Å². The van der Waals surface area contributed by atoms with Gasteiger partial charge in [-0.2, -0.15) is 5.10 Å².